The lowest BCUT2D eigenvalue weighted by Crippen LogP contribution is -2.50. The molecule has 0 fully saturated rings. The molecule has 0 N–H and O–H groups in total. The van der Waals surface area contributed by atoms with Gasteiger partial charge in [0.1, 0.15) is 13.7 Å². The van der Waals surface area contributed by atoms with Crippen LogP contribution in [0.1, 0.15) is 32.9 Å². The highest BCUT2D eigenvalue weighted by Crippen LogP contribution is 2.30. The molecule has 0 saturated heterocycles. The highest BCUT2D eigenvalue weighted by atomic mass is 28.3. The van der Waals surface area contributed by atoms with Gasteiger partial charge in [0.05, 0.1) is 6.42 Å². The number of para-hydroxylation sites is 1. The Labute approximate surface area is 163 Å². The maximum absolute atomic E-state index is 12.8. The summed E-state index contributed by atoms with van der Waals surface area (Å²) in [7, 11) is -2.01. The summed E-state index contributed by atoms with van der Waals surface area (Å²) in [6, 6.07) is 21.1. The van der Waals surface area contributed by atoms with Crippen LogP contribution in [0.4, 0.5) is 0 Å². The van der Waals surface area contributed by atoms with Gasteiger partial charge in [-0.05, 0) is 38.3 Å². The van der Waals surface area contributed by atoms with Gasteiger partial charge in [0.2, 0.25) is 0 Å². The number of hydrogen-bond donors (Lipinski definition) is 0. The zero-order valence-corrected chi connectivity index (χ0v) is 17.9. The number of aromatic nitrogens is 1. The van der Waals surface area contributed by atoms with E-state index in [2.05, 4.69) is 78.5 Å². The molecule has 3 nitrogen and oxygen atoms in total. The Morgan fingerprint density at radius 1 is 1.00 bits per heavy atom. The molecule has 0 amide bonds. The normalized spacial score (nSPS) is 13.5. The van der Waals surface area contributed by atoms with Crippen molar-refractivity contribution in [3.05, 3.63) is 66.9 Å². The van der Waals surface area contributed by atoms with Gasteiger partial charge in [0.25, 0.3) is 0 Å². The summed E-state index contributed by atoms with van der Waals surface area (Å²) in [6.45, 7) is 10.4. The third-order valence-electron chi connectivity index (χ3n) is 5.10. The van der Waals surface area contributed by atoms with Crippen LogP contribution < -0.4 is 5.19 Å². The first-order chi connectivity index (χ1) is 12.7. The van der Waals surface area contributed by atoms with Crippen LogP contribution in [0.3, 0.4) is 0 Å². The predicted molar refractivity (Wildman–Crippen MR) is 115 cm³/mol. The van der Waals surface area contributed by atoms with Crippen molar-refractivity contribution < 1.29 is 9.53 Å². The molecule has 142 valence electrons. The molecule has 0 aliphatic heterocycles. The van der Waals surface area contributed by atoms with E-state index in [-0.39, 0.29) is 11.6 Å². The Balaban J connectivity index is 2.05. The van der Waals surface area contributed by atoms with Crippen molar-refractivity contribution in [1.82, 2.24) is 4.57 Å². The van der Waals surface area contributed by atoms with Crippen LogP contribution in [0.2, 0.25) is 13.1 Å². The molecule has 0 aliphatic rings. The number of benzene rings is 2. The first kappa shape index (κ1) is 19.4. The van der Waals surface area contributed by atoms with Crippen LogP contribution in [0, 0.1) is 0 Å². The van der Waals surface area contributed by atoms with Crippen LogP contribution >= 0.6 is 0 Å². The summed E-state index contributed by atoms with van der Waals surface area (Å²) in [5.41, 5.74) is 0.774. The number of fused-ring (bicyclic) bond motifs is 1. The summed E-state index contributed by atoms with van der Waals surface area (Å²) in [5.74, 6) is -0.137. The molecular formula is C23H29NO2Si. The number of carbonyl (C=O) groups is 1. The molecule has 2 aromatic carbocycles. The highest BCUT2D eigenvalue weighted by Gasteiger charge is 2.37. The van der Waals surface area contributed by atoms with Crippen LogP contribution in [0.5, 0.6) is 0 Å². The Morgan fingerprint density at radius 2 is 1.63 bits per heavy atom. The van der Waals surface area contributed by atoms with Gasteiger partial charge < -0.3 is 9.30 Å². The molecule has 0 radical (unpaired) electrons. The van der Waals surface area contributed by atoms with Gasteiger partial charge in [-0.2, -0.15) is 0 Å². The second-order valence-corrected chi connectivity index (χ2v) is 13.4. The maximum atomic E-state index is 12.8. The van der Waals surface area contributed by atoms with E-state index in [1.807, 2.05) is 26.8 Å². The molecule has 0 aliphatic carbocycles. The molecule has 3 rings (SSSR count). The van der Waals surface area contributed by atoms with E-state index in [0.717, 1.165) is 0 Å². The van der Waals surface area contributed by atoms with E-state index in [4.69, 9.17) is 4.74 Å². The first-order valence-corrected chi connectivity index (χ1v) is 12.6. The SMILES string of the molecule is CC(C)(C)OC(=O)CC(n1ccc2ccccc21)[Si](C)(C)c1ccccc1. The molecule has 0 saturated carbocycles. The lowest BCUT2D eigenvalue weighted by Gasteiger charge is -2.35. The fourth-order valence-electron chi connectivity index (χ4n) is 3.68. The zero-order chi connectivity index (χ0) is 19.7. The van der Waals surface area contributed by atoms with E-state index in [1.165, 1.54) is 16.1 Å². The number of ether oxygens (including phenoxy) is 1. The van der Waals surface area contributed by atoms with Crippen molar-refractivity contribution in [3.8, 4) is 0 Å². The average Bonchev–Trinajstić information content (AvgIpc) is 3.02. The standard InChI is InChI=1S/C23H29NO2Si/c1-23(2,3)26-22(25)17-21(27(4,5)19-12-7-6-8-13-19)24-16-15-18-11-9-10-14-20(18)24/h6-16,21H,17H2,1-5H3. The molecule has 3 aromatic rings. The molecule has 1 aromatic heterocycles. The quantitative estimate of drug-likeness (QED) is 0.458. The second kappa shape index (κ2) is 7.35. The minimum Gasteiger partial charge on any atom is -0.460 e. The lowest BCUT2D eigenvalue weighted by molar-refractivity contribution is -0.155. The number of nitrogens with zero attached hydrogens (tertiary/aromatic N) is 1. The van der Waals surface area contributed by atoms with Gasteiger partial charge in [-0.25, -0.2) is 0 Å². The second-order valence-electron chi connectivity index (χ2n) is 8.68. The number of rotatable bonds is 5. The number of carbonyl (C=O) groups excluding carboxylic acids is 1. The topological polar surface area (TPSA) is 31.2 Å². The van der Waals surface area contributed by atoms with E-state index in [0.29, 0.717) is 6.42 Å². The van der Waals surface area contributed by atoms with Crippen LogP contribution in [0.25, 0.3) is 10.9 Å². The molecular weight excluding hydrogens is 350 g/mol. The molecule has 0 bridgehead atoms. The fraction of sp³-hybridized carbons (Fsp3) is 0.348. The lowest BCUT2D eigenvalue weighted by atomic mass is 10.2. The zero-order valence-electron chi connectivity index (χ0n) is 16.9. The smallest absolute Gasteiger partial charge is 0.308 e. The van der Waals surface area contributed by atoms with Gasteiger partial charge in [-0.15, -0.1) is 0 Å². The third-order valence-corrected chi connectivity index (χ3v) is 9.07. The fourth-order valence-corrected chi connectivity index (χ4v) is 6.71. The van der Waals surface area contributed by atoms with Gasteiger partial charge in [-0.1, -0.05) is 66.8 Å². The molecule has 1 atom stereocenters. The third kappa shape index (κ3) is 4.33. The minimum atomic E-state index is -2.01. The van der Waals surface area contributed by atoms with E-state index < -0.39 is 13.7 Å². The summed E-state index contributed by atoms with van der Waals surface area (Å²) < 4.78 is 7.97. The predicted octanol–water partition coefficient (Wildman–Crippen LogP) is 5.07. The van der Waals surface area contributed by atoms with E-state index in [1.54, 1.807) is 0 Å². The van der Waals surface area contributed by atoms with Gasteiger partial charge >= 0.3 is 5.97 Å². The minimum absolute atomic E-state index is 0.0784. The Morgan fingerprint density at radius 3 is 2.30 bits per heavy atom. The summed E-state index contributed by atoms with van der Waals surface area (Å²) >= 11 is 0. The van der Waals surface area contributed by atoms with Crippen molar-refractivity contribution in [2.75, 3.05) is 0 Å². The van der Waals surface area contributed by atoms with Crippen molar-refractivity contribution in [2.45, 2.75) is 51.6 Å². The van der Waals surface area contributed by atoms with E-state index >= 15 is 0 Å². The summed E-state index contributed by atoms with van der Waals surface area (Å²) in [4.78, 5) is 12.8. The highest BCUT2D eigenvalue weighted by molar-refractivity contribution is 6.90. The Hall–Kier alpha value is -2.33. The summed E-state index contributed by atoms with van der Waals surface area (Å²) in [5, 5.41) is 2.54. The van der Waals surface area contributed by atoms with Crippen molar-refractivity contribution in [3.63, 3.8) is 0 Å². The van der Waals surface area contributed by atoms with Gasteiger partial charge in [-0.3, -0.25) is 4.79 Å². The number of hydrogen-bond acceptors (Lipinski definition) is 2. The van der Waals surface area contributed by atoms with Crippen molar-refractivity contribution in [2.24, 2.45) is 0 Å². The first-order valence-electron chi connectivity index (χ1n) is 9.51. The van der Waals surface area contributed by atoms with Crippen LogP contribution in [0.15, 0.2) is 66.9 Å². The van der Waals surface area contributed by atoms with Crippen molar-refractivity contribution >= 4 is 30.1 Å². The molecule has 4 heteroatoms. The molecule has 0 spiro atoms. The van der Waals surface area contributed by atoms with Gasteiger partial charge in [0.15, 0.2) is 0 Å². The molecule has 27 heavy (non-hydrogen) atoms. The van der Waals surface area contributed by atoms with Gasteiger partial charge in [0, 0.05) is 17.4 Å². The molecule has 1 heterocycles. The van der Waals surface area contributed by atoms with E-state index in [9.17, 15) is 4.79 Å². The monoisotopic (exact) mass is 379 g/mol. The summed E-state index contributed by atoms with van der Waals surface area (Å²) in [6.07, 6.45) is 2.50. The van der Waals surface area contributed by atoms with Crippen LogP contribution in [-0.4, -0.2) is 24.2 Å². The van der Waals surface area contributed by atoms with Crippen molar-refractivity contribution in [1.29, 1.82) is 0 Å². The maximum Gasteiger partial charge on any atom is 0.308 e. The van der Waals surface area contributed by atoms with Crippen LogP contribution in [-0.2, 0) is 9.53 Å². The molecule has 1 unspecified atom stereocenters. The Bertz CT molecular complexity index is 922. The largest absolute Gasteiger partial charge is 0.460 e. The number of esters is 1. The Kier molecular flexibility index (Phi) is 5.29. The average molecular weight is 380 g/mol.